The Morgan fingerprint density at radius 2 is 2.09 bits per heavy atom. The number of rotatable bonds is 6. The maximum absolute atomic E-state index is 14.1. The molecule has 0 saturated carbocycles. The van der Waals surface area contributed by atoms with Crippen molar-refractivity contribution in [3.63, 3.8) is 0 Å². The smallest absolute Gasteiger partial charge is 0.136 e. The molecule has 6 nitrogen and oxygen atoms in total. The Morgan fingerprint density at radius 1 is 1.26 bits per heavy atom. The van der Waals surface area contributed by atoms with Gasteiger partial charge in [-0.25, -0.2) is 4.39 Å². The maximum Gasteiger partial charge on any atom is 0.136 e. The van der Waals surface area contributed by atoms with Crippen LogP contribution >= 0.6 is 0 Å². The molecule has 0 N–H and O–H groups in total. The first-order chi connectivity index (χ1) is 11.3. The molecule has 2 aromatic rings. The van der Waals surface area contributed by atoms with Crippen LogP contribution in [0.2, 0.25) is 0 Å². The summed E-state index contributed by atoms with van der Waals surface area (Å²) in [6.07, 6.45) is 2.76. The van der Waals surface area contributed by atoms with Crippen LogP contribution in [0.5, 0.6) is 5.75 Å². The Morgan fingerprint density at radius 3 is 2.83 bits per heavy atom. The first-order valence-corrected chi connectivity index (χ1v) is 7.80. The van der Waals surface area contributed by atoms with E-state index in [1.165, 1.54) is 13.2 Å². The lowest BCUT2D eigenvalue weighted by Crippen LogP contribution is -2.37. The molecule has 0 bridgehead atoms. The number of aromatic nitrogens is 3. The summed E-state index contributed by atoms with van der Waals surface area (Å²) in [4.78, 5) is 2.38. The van der Waals surface area contributed by atoms with Crippen molar-refractivity contribution in [3.8, 4) is 17.0 Å². The summed E-state index contributed by atoms with van der Waals surface area (Å²) >= 11 is 0. The van der Waals surface area contributed by atoms with Crippen molar-refractivity contribution in [1.82, 2.24) is 19.9 Å². The van der Waals surface area contributed by atoms with Gasteiger partial charge in [0.05, 0.1) is 26.5 Å². The van der Waals surface area contributed by atoms with Crippen molar-refractivity contribution in [1.29, 1.82) is 0 Å². The van der Waals surface area contributed by atoms with Crippen LogP contribution in [0.25, 0.3) is 11.3 Å². The standard InChI is InChI=1S/C16H21FN4O2/c1-22-13-3-4-14(15(17)11-13)16-12-21(19-18-16)6-2-5-20-7-9-23-10-8-20/h3-4,11-12H,2,5-10H2,1H3. The topological polar surface area (TPSA) is 52.4 Å². The Hall–Kier alpha value is -1.99. The average molecular weight is 320 g/mol. The third-order valence-corrected chi connectivity index (χ3v) is 3.96. The minimum Gasteiger partial charge on any atom is -0.497 e. The molecule has 7 heteroatoms. The van der Waals surface area contributed by atoms with E-state index < -0.39 is 0 Å². The summed E-state index contributed by atoms with van der Waals surface area (Å²) in [7, 11) is 1.51. The van der Waals surface area contributed by atoms with E-state index in [1.54, 1.807) is 23.0 Å². The van der Waals surface area contributed by atoms with Crippen LogP contribution in [0.15, 0.2) is 24.4 Å². The van der Waals surface area contributed by atoms with Crippen molar-refractivity contribution < 1.29 is 13.9 Å². The Bertz CT molecular complexity index is 641. The predicted octanol–water partition coefficient (Wildman–Crippen LogP) is 1.82. The fourth-order valence-corrected chi connectivity index (χ4v) is 2.64. The van der Waals surface area contributed by atoms with Crippen molar-refractivity contribution in [2.24, 2.45) is 0 Å². The number of nitrogens with zero attached hydrogens (tertiary/aromatic N) is 4. The van der Waals surface area contributed by atoms with Gasteiger partial charge in [-0.05, 0) is 18.6 Å². The van der Waals surface area contributed by atoms with Gasteiger partial charge >= 0.3 is 0 Å². The van der Waals surface area contributed by atoms with Crippen LogP contribution in [-0.4, -0.2) is 59.9 Å². The van der Waals surface area contributed by atoms with E-state index in [-0.39, 0.29) is 5.82 Å². The molecule has 1 saturated heterocycles. The highest BCUT2D eigenvalue weighted by Crippen LogP contribution is 2.24. The molecule has 1 aromatic carbocycles. The molecular weight excluding hydrogens is 299 g/mol. The summed E-state index contributed by atoms with van der Waals surface area (Å²) < 4.78 is 26.2. The highest BCUT2D eigenvalue weighted by Gasteiger charge is 2.12. The molecular formula is C16H21FN4O2. The zero-order valence-corrected chi connectivity index (χ0v) is 13.2. The van der Waals surface area contributed by atoms with Crippen molar-refractivity contribution in [2.45, 2.75) is 13.0 Å². The van der Waals surface area contributed by atoms with Gasteiger partial charge in [-0.3, -0.25) is 9.58 Å². The molecule has 0 aliphatic carbocycles. The van der Waals surface area contributed by atoms with E-state index in [0.29, 0.717) is 17.0 Å². The van der Waals surface area contributed by atoms with Crippen molar-refractivity contribution >= 4 is 0 Å². The molecule has 1 fully saturated rings. The molecule has 0 spiro atoms. The van der Waals surface area contributed by atoms with Crippen LogP contribution in [-0.2, 0) is 11.3 Å². The fourth-order valence-electron chi connectivity index (χ4n) is 2.64. The van der Waals surface area contributed by atoms with Crippen LogP contribution < -0.4 is 4.74 Å². The van der Waals surface area contributed by atoms with Crippen LogP contribution in [0.4, 0.5) is 4.39 Å². The van der Waals surface area contributed by atoms with Gasteiger partial charge in [-0.2, -0.15) is 0 Å². The number of aryl methyl sites for hydroxylation is 1. The van der Waals surface area contributed by atoms with Crippen LogP contribution in [0.1, 0.15) is 6.42 Å². The van der Waals surface area contributed by atoms with Crippen molar-refractivity contribution in [3.05, 3.63) is 30.2 Å². The predicted molar refractivity (Wildman–Crippen MR) is 83.8 cm³/mol. The molecule has 0 radical (unpaired) electrons. The van der Waals surface area contributed by atoms with Gasteiger partial charge in [-0.1, -0.05) is 5.21 Å². The quantitative estimate of drug-likeness (QED) is 0.812. The van der Waals surface area contributed by atoms with Crippen LogP contribution in [0, 0.1) is 5.82 Å². The SMILES string of the molecule is COc1ccc(-c2cn(CCCN3CCOCC3)nn2)c(F)c1. The molecule has 0 amide bonds. The van der Waals surface area contributed by atoms with Gasteiger partial charge in [0, 0.05) is 37.8 Å². The van der Waals surface area contributed by atoms with E-state index >= 15 is 0 Å². The Labute approximate surface area is 134 Å². The summed E-state index contributed by atoms with van der Waals surface area (Å²) in [5.41, 5.74) is 0.974. The second-order valence-corrected chi connectivity index (χ2v) is 5.52. The normalized spacial score (nSPS) is 15.7. The largest absolute Gasteiger partial charge is 0.497 e. The van der Waals surface area contributed by atoms with Gasteiger partial charge < -0.3 is 9.47 Å². The van der Waals surface area contributed by atoms with E-state index in [0.717, 1.165) is 45.8 Å². The average Bonchev–Trinajstić information content (AvgIpc) is 3.04. The molecule has 0 atom stereocenters. The molecule has 3 rings (SSSR count). The number of methoxy groups -OCH3 is 1. The Balaban J connectivity index is 1.57. The molecule has 1 aromatic heterocycles. The lowest BCUT2D eigenvalue weighted by Gasteiger charge is -2.26. The van der Waals surface area contributed by atoms with Gasteiger partial charge in [0.2, 0.25) is 0 Å². The minimum absolute atomic E-state index is 0.357. The summed E-state index contributed by atoms with van der Waals surface area (Å²) in [6, 6.07) is 4.74. The van der Waals surface area contributed by atoms with Gasteiger partial charge in [-0.15, -0.1) is 5.10 Å². The zero-order chi connectivity index (χ0) is 16.1. The lowest BCUT2D eigenvalue weighted by molar-refractivity contribution is 0.0368. The summed E-state index contributed by atoms with van der Waals surface area (Å²) in [5, 5.41) is 8.15. The van der Waals surface area contributed by atoms with E-state index in [1.807, 2.05) is 0 Å². The van der Waals surface area contributed by atoms with Gasteiger partial charge in [0.15, 0.2) is 0 Å². The monoisotopic (exact) mass is 320 g/mol. The zero-order valence-electron chi connectivity index (χ0n) is 13.2. The second-order valence-electron chi connectivity index (χ2n) is 5.52. The highest BCUT2D eigenvalue weighted by molar-refractivity contribution is 5.59. The number of hydrogen-bond donors (Lipinski definition) is 0. The molecule has 1 aliphatic rings. The number of benzene rings is 1. The number of halogens is 1. The Kier molecular flexibility index (Phi) is 5.19. The summed E-state index contributed by atoms with van der Waals surface area (Å²) in [5.74, 6) is 0.133. The van der Waals surface area contributed by atoms with Gasteiger partial charge in [0.25, 0.3) is 0 Å². The van der Waals surface area contributed by atoms with Crippen molar-refractivity contribution in [2.75, 3.05) is 40.0 Å². The third-order valence-electron chi connectivity index (χ3n) is 3.96. The molecule has 124 valence electrons. The van der Waals surface area contributed by atoms with E-state index in [9.17, 15) is 4.39 Å². The second kappa shape index (κ2) is 7.52. The first-order valence-electron chi connectivity index (χ1n) is 7.80. The maximum atomic E-state index is 14.1. The highest BCUT2D eigenvalue weighted by atomic mass is 19.1. The summed E-state index contributed by atoms with van der Waals surface area (Å²) in [6.45, 7) is 5.37. The first kappa shape index (κ1) is 15.9. The number of morpholine rings is 1. The van der Waals surface area contributed by atoms with Gasteiger partial charge in [0.1, 0.15) is 17.3 Å². The number of hydrogen-bond acceptors (Lipinski definition) is 5. The molecule has 1 aliphatic heterocycles. The molecule has 23 heavy (non-hydrogen) atoms. The number of ether oxygens (including phenoxy) is 2. The van der Waals surface area contributed by atoms with Crippen LogP contribution in [0.3, 0.4) is 0 Å². The lowest BCUT2D eigenvalue weighted by atomic mass is 10.1. The minimum atomic E-state index is -0.357. The third kappa shape index (κ3) is 4.05. The fraction of sp³-hybridized carbons (Fsp3) is 0.500. The molecule has 2 heterocycles. The van der Waals surface area contributed by atoms with E-state index in [2.05, 4.69) is 15.2 Å². The van der Waals surface area contributed by atoms with E-state index in [4.69, 9.17) is 9.47 Å². The molecule has 0 unspecified atom stereocenters.